The average Bonchev–Trinajstić information content (AvgIpc) is 3.51. The van der Waals surface area contributed by atoms with Crippen LogP contribution in [0.15, 0.2) is 52.9 Å². The minimum absolute atomic E-state index is 0.0152. The van der Waals surface area contributed by atoms with Crippen molar-refractivity contribution in [3.05, 3.63) is 48.0 Å². The third-order valence-corrected chi connectivity index (χ3v) is 8.14. The van der Waals surface area contributed by atoms with E-state index in [0.29, 0.717) is 5.69 Å². The van der Waals surface area contributed by atoms with Crippen LogP contribution in [0.25, 0.3) is 0 Å². The zero-order chi connectivity index (χ0) is 21.8. The fourth-order valence-electron chi connectivity index (χ4n) is 4.63. The summed E-state index contributed by atoms with van der Waals surface area (Å²) in [4.78, 5) is 42.7. The summed E-state index contributed by atoms with van der Waals surface area (Å²) in [5, 5.41) is 4.52. The van der Waals surface area contributed by atoms with Crippen molar-refractivity contribution in [2.45, 2.75) is 11.3 Å². The predicted octanol–water partition coefficient (Wildman–Crippen LogP) is 1.69. The molecule has 160 valence electrons. The van der Waals surface area contributed by atoms with Gasteiger partial charge >= 0.3 is 0 Å². The Balaban J connectivity index is 1.22. The van der Waals surface area contributed by atoms with Gasteiger partial charge in [-0.3, -0.25) is 24.0 Å². The molecule has 1 saturated carbocycles. The van der Waals surface area contributed by atoms with Crippen LogP contribution in [0.4, 0.5) is 10.8 Å². The minimum Gasteiger partial charge on any atom is -0.325 e. The van der Waals surface area contributed by atoms with Gasteiger partial charge in [0.1, 0.15) is 6.54 Å². The summed E-state index contributed by atoms with van der Waals surface area (Å²) in [6, 6.07) is 5.60. The molecule has 1 saturated heterocycles. The predicted molar refractivity (Wildman–Crippen MR) is 112 cm³/mol. The average molecular weight is 459 g/mol. The normalized spacial score (nSPS) is 26.4. The maximum absolute atomic E-state index is 12.7. The van der Waals surface area contributed by atoms with Crippen LogP contribution in [-0.2, 0) is 24.4 Å². The number of likely N-dealkylation sites (tertiary alicyclic amines) is 1. The van der Waals surface area contributed by atoms with Crippen LogP contribution in [-0.4, -0.2) is 42.6 Å². The van der Waals surface area contributed by atoms with Crippen LogP contribution in [0.5, 0.6) is 0 Å². The monoisotopic (exact) mass is 458 g/mol. The molecule has 0 spiro atoms. The number of aromatic nitrogens is 1. The molecular weight excluding hydrogens is 440 g/mol. The van der Waals surface area contributed by atoms with Crippen LogP contribution >= 0.6 is 11.3 Å². The number of rotatable bonds is 6. The highest BCUT2D eigenvalue weighted by Gasteiger charge is 2.59. The number of allylic oxidation sites excluding steroid dienone is 2. The van der Waals surface area contributed by atoms with E-state index in [-0.39, 0.29) is 52.1 Å². The van der Waals surface area contributed by atoms with Crippen molar-refractivity contribution < 1.29 is 22.8 Å². The maximum atomic E-state index is 12.7. The molecule has 11 heteroatoms. The Hall–Kier alpha value is -3.05. The van der Waals surface area contributed by atoms with Crippen molar-refractivity contribution in [1.29, 1.82) is 0 Å². The standard InChI is InChI=1S/C20H18N4O5S2/c25-15(10-24-18(26)16-11-1-2-12(9-11)17(16)19(24)27)22-13-3-5-14(6-4-13)31(28,29)23-20-21-7-8-30-20/h1-8,11-12,16-17H,9-10H2,(H,21,23)(H,22,25)/t11-,12-,16-,17-/m0/s1. The SMILES string of the molecule is O=C(CN1C(=O)[C@@H]2[C@@H](C1=O)[C@H]1C=C[C@H]2C1)Nc1ccc(S(=O)(=O)Nc2nccs2)cc1. The molecule has 3 aliphatic rings. The summed E-state index contributed by atoms with van der Waals surface area (Å²) in [5.74, 6) is -1.58. The summed E-state index contributed by atoms with van der Waals surface area (Å²) in [6.07, 6.45) is 6.32. The van der Waals surface area contributed by atoms with Crippen LogP contribution in [0.2, 0.25) is 0 Å². The molecule has 0 unspecified atom stereocenters. The number of fused-ring (bicyclic) bond motifs is 5. The maximum Gasteiger partial charge on any atom is 0.263 e. The second-order valence-corrected chi connectivity index (χ2v) is 10.4. The molecule has 2 N–H and O–H groups in total. The van der Waals surface area contributed by atoms with Crippen molar-refractivity contribution >= 4 is 49.9 Å². The quantitative estimate of drug-likeness (QED) is 0.501. The van der Waals surface area contributed by atoms with Crippen LogP contribution in [0, 0.1) is 23.7 Å². The van der Waals surface area contributed by atoms with Crippen LogP contribution in [0.1, 0.15) is 6.42 Å². The zero-order valence-electron chi connectivity index (χ0n) is 16.1. The first-order chi connectivity index (χ1) is 14.8. The lowest BCUT2D eigenvalue weighted by molar-refractivity contribution is -0.143. The number of anilines is 2. The first-order valence-corrected chi connectivity index (χ1v) is 12.1. The van der Waals surface area contributed by atoms with Gasteiger partial charge in [-0.05, 0) is 42.5 Å². The molecule has 2 aliphatic carbocycles. The van der Waals surface area contributed by atoms with Gasteiger partial charge in [-0.1, -0.05) is 12.2 Å². The number of carbonyl (C=O) groups is 3. The number of carbonyl (C=O) groups excluding carboxylic acids is 3. The Morgan fingerprint density at radius 3 is 2.32 bits per heavy atom. The highest BCUT2D eigenvalue weighted by Crippen LogP contribution is 2.52. The molecule has 5 rings (SSSR count). The number of amides is 3. The topological polar surface area (TPSA) is 126 Å². The fraction of sp³-hybridized carbons (Fsp3) is 0.300. The van der Waals surface area contributed by atoms with Crippen molar-refractivity contribution in [1.82, 2.24) is 9.88 Å². The van der Waals surface area contributed by atoms with Crippen molar-refractivity contribution in [3.63, 3.8) is 0 Å². The molecule has 2 bridgehead atoms. The van der Waals surface area contributed by atoms with Crippen LogP contribution < -0.4 is 10.0 Å². The summed E-state index contributed by atoms with van der Waals surface area (Å²) in [6.45, 7) is -0.351. The first-order valence-electron chi connectivity index (χ1n) is 9.69. The molecular formula is C20H18N4O5S2. The minimum atomic E-state index is -3.79. The van der Waals surface area contributed by atoms with E-state index >= 15 is 0 Å². The molecule has 1 aromatic carbocycles. The molecule has 1 aliphatic heterocycles. The van der Waals surface area contributed by atoms with Gasteiger partial charge in [0.15, 0.2) is 5.13 Å². The Morgan fingerprint density at radius 1 is 1.10 bits per heavy atom. The van der Waals surface area contributed by atoms with Crippen molar-refractivity contribution in [3.8, 4) is 0 Å². The van der Waals surface area contributed by atoms with E-state index in [0.717, 1.165) is 22.7 Å². The second kappa shape index (κ2) is 7.27. The lowest BCUT2D eigenvalue weighted by atomic mass is 9.85. The molecule has 1 aromatic heterocycles. The zero-order valence-corrected chi connectivity index (χ0v) is 17.7. The highest BCUT2D eigenvalue weighted by atomic mass is 32.2. The number of hydrogen-bond donors (Lipinski definition) is 2. The smallest absolute Gasteiger partial charge is 0.263 e. The third kappa shape index (κ3) is 3.43. The van der Waals surface area contributed by atoms with E-state index in [4.69, 9.17) is 0 Å². The van der Waals surface area contributed by atoms with E-state index in [2.05, 4.69) is 15.0 Å². The molecule has 2 fully saturated rings. The Bertz CT molecular complexity index is 1160. The molecule has 3 amide bonds. The van der Waals surface area contributed by atoms with Crippen molar-refractivity contribution in [2.75, 3.05) is 16.6 Å². The molecule has 9 nitrogen and oxygen atoms in total. The molecule has 2 heterocycles. The van der Waals surface area contributed by atoms with E-state index in [1.807, 2.05) is 12.2 Å². The summed E-state index contributed by atoms with van der Waals surface area (Å²) in [5.41, 5.74) is 0.360. The molecule has 0 radical (unpaired) electrons. The number of benzene rings is 1. The van der Waals surface area contributed by atoms with Gasteiger partial charge in [-0.15, -0.1) is 11.3 Å². The third-order valence-electron chi connectivity index (χ3n) is 5.97. The Kier molecular flexibility index (Phi) is 4.67. The number of nitrogens with zero attached hydrogens (tertiary/aromatic N) is 2. The second-order valence-electron chi connectivity index (χ2n) is 7.78. The van der Waals surface area contributed by atoms with Gasteiger partial charge in [0.25, 0.3) is 10.0 Å². The van der Waals surface area contributed by atoms with Crippen molar-refractivity contribution in [2.24, 2.45) is 23.7 Å². The number of nitrogens with one attached hydrogen (secondary N) is 2. The summed E-state index contributed by atoms with van der Waals surface area (Å²) in [7, 11) is -3.79. The van der Waals surface area contributed by atoms with E-state index in [1.165, 1.54) is 30.5 Å². The number of sulfonamides is 1. The Morgan fingerprint density at radius 2 is 1.74 bits per heavy atom. The Labute approximate surface area is 182 Å². The number of thiazole rings is 1. The van der Waals surface area contributed by atoms with Gasteiger partial charge in [0.2, 0.25) is 17.7 Å². The highest BCUT2D eigenvalue weighted by molar-refractivity contribution is 7.93. The summed E-state index contributed by atoms with van der Waals surface area (Å²) < 4.78 is 27.1. The van der Waals surface area contributed by atoms with E-state index in [9.17, 15) is 22.8 Å². The lowest BCUT2D eigenvalue weighted by Gasteiger charge is -2.17. The lowest BCUT2D eigenvalue weighted by Crippen LogP contribution is -2.39. The van der Waals surface area contributed by atoms with Gasteiger partial charge in [-0.2, -0.15) is 0 Å². The fourth-order valence-corrected chi connectivity index (χ4v) is 6.42. The molecule has 4 atom stereocenters. The van der Waals surface area contributed by atoms with Crippen LogP contribution in [0.3, 0.4) is 0 Å². The molecule has 2 aromatic rings. The van der Waals surface area contributed by atoms with Gasteiger partial charge < -0.3 is 5.32 Å². The van der Waals surface area contributed by atoms with E-state index in [1.54, 1.807) is 5.38 Å². The molecule has 31 heavy (non-hydrogen) atoms. The largest absolute Gasteiger partial charge is 0.325 e. The van der Waals surface area contributed by atoms with E-state index < -0.39 is 15.9 Å². The van der Waals surface area contributed by atoms with Gasteiger partial charge in [-0.25, -0.2) is 13.4 Å². The number of imide groups is 1. The summed E-state index contributed by atoms with van der Waals surface area (Å²) >= 11 is 1.16. The first kappa shape index (κ1) is 19.9. The van der Waals surface area contributed by atoms with Gasteiger partial charge in [0, 0.05) is 17.3 Å². The number of hydrogen-bond acceptors (Lipinski definition) is 7. The van der Waals surface area contributed by atoms with Gasteiger partial charge in [0.05, 0.1) is 16.7 Å².